The van der Waals surface area contributed by atoms with Crippen molar-refractivity contribution in [3.8, 4) is 0 Å². The zero-order chi connectivity index (χ0) is 19.0. The fourth-order valence-corrected chi connectivity index (χ4v) is 7.68. The van der Waals surface area contributed by atoms with Crippen LogP contribution in [0.5, 0.6) is 0 Å². The van der Waals surface area contributed by atoms with Gasteiger partial charge >= 0.3 is 0 Å². The largest absolute Gasteiger partial charge is 0.314 e. The first-order chi connectivity index (χ1) is 13.0. The zero-order valence-electron chi connectivity index (χ0n) is 18.1. The maximum Gasteiger partial charge on any atom is 0.00955 e. The average molecular weight is 390 g/mol. The first-order valence-electron chi connectivity index (χ1n) is 12.1. The Morgan fingerprint density at radius 3 is 2.81 bits per heavy atom. The van der Waals surface area contributed by atoms with Gasteiger partial charge in [0.1, 0.15) is 0 Å². The number of nitrogens with one attached hydrogen (secondary N) is 1. The van der Waals surface area contributed by atoms with Gasteiger partial charge in [-0.2, -0.15) is 12.6 Å². The molecule has 4 rings (SSSR count). The molecule has 0 spiro atoms. The third-order valence-corrected chi connectivity index (χ3v) is 9.44. The number of thiol groups is 1. The predicted molar refractivity (Wildman–Crippen MR) is 120 cm³/mol. The molecule has 7 unspecified atom stereocenters. The van der Waals surface area contributed by atoms with Gasteiger partial charge < -0.3 is 5.32 Å². The fraction of sp³-hybridized carbons (Fsp3) is 0.920. The van der Waals surface area contributed by atoms with Crippen molar-refractivity contribution < 1.29 is 0 Å². The Morgan fingerprint density at radius 1 is 1.19 bits per heavy atom. The summed E-state index contributed by atoms with van der Waals surface area (Å²) in [6, 6.07) is 0.791. The molecule has 0 aromatic rings. The van der Waals surface area contributed by atoms with Gasteiger partial charge in [0.25, 0.3) is 0 Å². The fourth-order valence-electron chi connectivity index (χ4n) is 7.36. The van der Waals surface area contributed by atoms with Crippen LogP contribution >= 0.6 is 12.6 Å². The minimum atomic E-state index is 0.483. The second-order valence-corrected chi connectivity index (χ2v) is 11.8. The lowest BCUT2D eigenvalue weighted by Gasteiger charge is -2.52. The van der Waals surface area contributed by atoms with Crippen molar-refractivity contribution in [3.63, 3.8) is 0 Å². The molecule has 1 nitrogen and oxygen atoms in total. The van der Waals surface area contributed by atoms with E-state index in [2.05, 4.69) is 32.2 Å². The number of rotatable bonds is 3. The summed E-state index contributed by atoms with van der Waals surface area (Å²) in [7, 11) is 0. The van der Waals surface area contributed by atoms with Crippen LogP contribution in [0.3, 0.4) is 0 Å². The van der Waals surface area contributed by atoms with E-state index in [0.717, 1.165) is 35.6 Å². The monoisotopic (exact) mass is 389 g/mol. The maximum absolute atomic E-state index is 4.84. The first kappa shape index (κ1) is 20.3. The molecule has 27 heavy (non-hydrogen) atoms. The normalized spacial score (nSPS) is 45.1. The summed E-state index contributed by atoms with van der Waals surface area (Å²) in [6.45, 7) is 8.65. The molecular weight excluding hydrogens is 346 g/mol. The summed E-state index contributed by atoms with van der Waals surface area (Å²) in [6.07, 6.45) is 18.1. The topological polar surface area (TPSA) is 12.0 Å². The van der Waals surface area contributed by atoms with E-state index in [0.29, 0.717) is 10.7 Å². The summed E-state index contributed by atoms with van der Waals surface area (Å²) in [4.78, 5) is 0. The molecule has 1 N–H and O–H groups in total. The Hall–Kier alpha value is 0.0500. The van der Waals surface area contributed by atoms with Crippen LogP contribution in [0.1, 0.15) is 91.4 Å². The van der Waals surface area contributed by atoms with Crippen molar-refractivity contribution in [3.05, 3.63) is 11.6 Å². The summed E-state index contributed by atoms with van der Waals surface area (Å²) in [5.41, 5.74) is 2.26. The molecule has 2 heteroatoms. The second-order valence-electron chi connectivity index (χ2n) is 11.1. The van der Waals surface area contributed by atoms with Crippen LogP contribution in [0, 0.1) is 35.0 Å². The van der Waals surface area contributed by atoms with Gasteiger partial charge in [-0.25, -0.2) is 0 Å². The summed E-state index contributed by atoms with van der Waals surface area (Å²) < 4.78 is 0. The van der Waals surface area contributed by atoms with Crippen LogP contribution in [0.4, 0.5) is 0 Å². The lowest BCUT2D eigenvalue weighted by molar-refractivity contribution is 0.0613. The van der Waals surface area contributed by atoms with Crippen molar-refractivity contribution in [1.82, 2.24) is 5.32 Å². The standard InChI is InChI=1S/C25H43NS/c1-17(2)6-11-24-19-8-7-18(15-19)22-10-9-20-16-21(27)12-13-25(20,3)23(22)5-4-14-26-24/h9,17-19,21-24,26-27H,4-8,10-16H2,1-3H3. The third kappa shape index (κ3) is 4.18. The average Bonchev–Trinajstić information content (AvgIpc) is 3.10. The molecular formula is C25H43NS. The molecule has 2 bridgehead atoms. The lowest BCUT2D eigenvalue weighted by Crippen LogP contribution is -2.45. The molecule has 7 atom stereocenters. The highest BCUT2D eigenvalue weighted by molar-refractivity contribution is 7.80. The van der Waals surface area contributed by atoms with Crippen LogP contribution in [-0.2, 0) is 0 Å². The van der Waals surface area contributed by atoms with Crippen molar-refractivity contribution in [1.29, 1.82) is 0 Å². The van der Waals surface area contributed by atoms with Gasteiger partial charge in [0.05, 0.1) is 0 Å². The van der Waals surface area contributed by atoms with Gasteiger partial charge in [0.2, 0.25) is 0 Å². The van der Waals surface area contributed by atoms with Gasteiger partial charge in [-0.1, -0.05) is 32.4 Å². The molecule has 4 aliphatic rings. The molecule has 1 aliphatic heterocycles. The van der Waals surface area contributed by atoms with Crippen LogP contribution in [0.2, 0.25) is 0 Å². The smallest absolute Gasteiger partial charge is 0.00955 e. The van der Waals surface area contributed by atoms with E-state index in [1.54, 1.807) is 5.57 Å². The SMILES string of the molecule is CC(C)CCC1NCCCC2C(CC=C3CC(S)CCC32C)C2CCC1C2. The van der Waals surface area contributed by atoms with Gasteiger partial charge in [-0.3, -0.25) is 0 Å². The molecule has 3 aliphatic carbocycles. The van der Waals surface area contributed by atoms with Crippen LogP contribution < -0.4 is 5.32 Å². The molecule has 3 fully saturated rings. The first-order valence-corrected chi connectivity index (χ1v) is 12.6. The Morgan fingerprint density at radius 2 is 2.00 bits per heavy atom. The quantitative estimate of drug-likeness (QED) is 0.407. The molecule has 0 aromatic heterocycles. The summed E-state index contributed by atoms with van der Waals surface area (Å²) >= 11 is 4.84. The maximum atomic E-state index is 4.84. The van der Waals surface area contributed by atoms with E-state index < -0.39 is 0 Å². The Kier molecular flexibility index (Phi) is 6.34. The Labute approximate surface area is 173 Å². The molecule has 0 aromatic carbocycles. The van der Waals surface area contributed by atoms with Gasteiger partial charge in [0.15, 0.2) is 0 Å². The van der Waals surface area contributed by atoms with Crippen molar-refractivity contribution >= 4 is 12.6 Å². The predicted octanol–water partition coefficient (Wildman–Crippen LogP) is 6.64. The van der Waals surface area contributed by atoms with Crippen molar-refractivity contribution in [2.24, 2.45) is 35.0 Å². The summed E-state index contributed by atoms with van der Waals surface area (Å²) in [5, 5.41) is 4.64. The van der Waals surface area contributed by atoms with Crippen molar-refractivity contribution in [2.45, 2.75) is 103 Å². The second kappa shape index (κ2) is 8.42. The minimum absolute atomic E-state index is 0.483. The van der Waals surface area contributed by atoms with Crippen LogP contribution in [0.25, 0.3) is 0 Å². The lowest BCUT2D eigenvalue weighted by atomic mass is 9.53. The van der Waals surface area contributed by atoms with Crippen LogP contribution in [0.15, 0.2) is 11.6 Å². The van der Waals surface area contributed by atoms with Gasteiger partial charge in [-0.15, -0.1) is 0 Å². The molecule has 1 saturated heterocycles. The molecule has 2 saturated carbocycles. The highest BCUT2D eigenvalue weighted by Gasteiger charge is 2.49. The van der Waals surface area contributed by atoms with E-state index in [-0.39, 0.29) is 0 Å². The van der Waals surface area contributed by atoms with E-state index in [1.807, 2.05) is 0 Å². The number of fused-ring (bicyclic) bond motifs is 6. The number of hydrogen-bond donors (Lipinski definition) is 2. The highest BCUT2D eigenvalue weighted by atomic mass is 32.1. The highest BCUT2D eigenvalue weighted by Crippen LogP contribution is 2.58. The zero-order valence-corrected chi connectivity index (χ0v) is 18.9. The molecule has 0 amide bonds. The molecule has 1 heterocycles. The van der Waals surface area contributed by atoms with Crippen LogP contribution in [-0.4, -0.2) is 17.8 Å². The molecule has 0 radical (unpaired) electrons. The molecule has 154 valence electrons. The minimum Gasteiger partial charge on any atom is -0.314 e. The van der Waals surface area contributed by atoms with Gasteiger partial charge in [-0.05, 0) is 112 Å². The van der Waals surface area contributed by atoms with E-state index in [1.165, 1.54) is 77.2 Å². The third-order valence-electron chi connectivity index (χ3n) is 9.00. The summed E-state index contributed by atoms with van der Waals surface area (Å²) in [5.74, 6) is 4.66. The van der Waals surface area contributed by atoms with Crippen molar-refractivity contribution in [2.75, 3.05) is 6.54 Å². The number of hydrogen-bond acceptors (Lipinski definition) is 2. The number of allylic oxidation sites excluding steroid dienone is 2. The Balaban J connectivity index is 1.52. The van der Waals surface area contributed by atoms with Gasteiger partial charge in [0, 0.05) is 11.3 Å². The Bertz CT molecular complexity index is 540. The van der Waals surface area contributed by atoms with E-state index in [4.69, 9.17) is 12.6 Å². The van der Waals surface area contributed by atoms with E-state index in [9.17, 15) is 0 Å². The van der Waals surface area contributed by atoms with E-state index >= 15 is 0 Å².